The van der Waals surface area contributed by atoms with Gasteiger partial charge < -0.3 is 5.11 Å². The van der Waals surface area contributed by atoms with Gasteiger partial charge in [-0.3, -0.25) is 10.1 Å². The molecule has 0 spiro atoms. The number of allylic oxidation sites excluding steroid dienone is 3. The van der Waals surface area contributed by atoms with Crippen LogP contribution in [0.4, 0.5) is 0 Å². The van der Waals surface area contributed by atoms with Crippen LogP contribution in [0.2, 0.25) is 0 Å². The van der Waals surface area contributed by atoms with Crippen LogP contribution in [0.5, 0.6) is 0 Å². The zero-order valence-electron chi connectivity index (χ0n) is 14.3. The number of carboxylic acids is 1. The maximum absolute atomic E-state index is 10.6. The van der Waals surface area contributed by atoms with E-state index in [1.807, 2.05) is 0 Å². The molecular weight excluding hydrogens is 294 g/mol. The number of nitrogens with zero attached hydrogens (tertiary/aromatic N) is 1. The second-order valence-corrected chi connectivity index (χ2v) is 5.81. The fraction of sp³-hybridized carbons (Fsp3) is 0.722. The van der Waals surface area contributed by atoms with E-state index in [9.17, 15) is 14.9 Å². The summed E-state index contributed by atoms with van der Waals surface area (Å²) < 4.78 is 0. The van der Waals surface area contributed by atoms with Gasteiger partial charge >= 0.3 is 12.0 Å². The number of hydrogen-bond donors (Lipinski definition) is 1. The SMILES string of the molecule is CCCCCC=CCCCCCCCC=CC(C(=O)O)[N+](=O)[O-]. The number of aliphatic carboxylic acids is 1. The minimum absolute atomic E-state index is 0.703. The molecule has 0 aliphatic carbocycles. The van der Waals surface area contributed by atoms with Crippen LogP contribution in [0.25, 0.3) is 0 Å². The number of unbranched alkanes of at least 4 members (excludes halogenated alkanes) is 9. The third-order valence-electron chi connectivity index (χ3n) is 3.68. The molecule has 0 saturated heterocycles. The molecule has 0 heterocycles. The van der Waals surface area contributed by atoms with Gasteiger partial charge in [0.1, 0.15) is 0 Å². The molecule has 132 valence electrons. The summed E-state index contributed by atoms with van der Waals surface area (Å²) in [6.45, 7) is 2.21. The molecule has 23 heavy (non-hydrogen) atoms. The van der Waals surface area contributed by atoms with Gasteiger partial charge in [-0.1, -0.05) is 57.3 Å². The van der Waals surface area contributed by atoms with E-state index in [4.69, 9.17) is 5.11 Å². The van der Waals surface area contributed by atoms with Gasteiger partial charge in [-0.15, -0.1) is 0 Å². The highest BCUT2D eigenvalue weighted by atomic mass is 16.6. The summed E-state index contributed by atoms with van der Waals surface area (Å²) in [7, 11) is 0. The number of rotatable bonds is 15. The molecule has 0 aromatic carbocycles. The lowest BCUT2D eigenvalue weighted by Gasteiger charge is -1.99. The molecule has 0 saturated carbocycles. The highest BCUT2D eigenvalue weighted by molar-refractivity contribution is 5.74. The average Bonchev–Trinajstić information content (AvgIpc) is 2.50. The van der Waals surface area contributed by atoms with Gasteiger partial charge in [0.2, 0.25) is 0 Å². The molecule has 0 aliphatic rings. The molecule has 0 aromatic heterocycles. The summed E-state index contributed by atoms with van der Waals surface area (Å²) in [5, 5.41) is 19.1. The van der Waals surface area contributed by atoms with Crippen molar-refractivity contribution >= 4 is 5.97 Å². The minimum atomic E-state index is -1.61. The Morgan fingerprint density at radius 2 is 1.43 bits per heavy atom. The fourth-order valence-corrected chi connectivity index (χ4v) is 2.27. The first-order valence-corrected chi connectivity index (χ1v) is 8.77. The van der Waals surface area contributed by atoms with Crippen LogP contribution in [0.15, 0.2) is 24.3 Å². The monoisotopic (exact) mass is 325 g/mol. The van der Waals surface area contributed by atoms with Crippen molar-refractivity contribution in [1.29, 1.82) is 0 Å². The Morgan fingerprint density at radius 3 is 1.91 bits per heavy atom. The van der Waals surface area contributed by atoms with Crippen LogP contribution in [-0.2, 0) is 4.79 Å². The number of carbonyl (C=O) groups is 1. The molecular formula is C18H31NO4. The van der Waals surface area contributed by atoms with Crippen LogP contribution >= 0.6 is 0 Å². The molecule has 0 radical (unpaired) electrons. The summed E-state index contributed by atoms with van der Waals surface area (Å²) in [4.78, 5) is 20.3. The average molecular weight is 325 g/mol. The highest BCUT2D eigenvalue weighted by Crippen LogP contribution is 2.09. The second-order valence-electron chi connectivity index (χ2n) is 5.81. The van der Waals surface area contributed by atoms with Gasteiger partial charge in [-0.05, 0) is 44.6 Å². The van der Waals surface area contributed by atoms with Crippen molar-refractivity contribution in [3.05, 3.63) is 34.4 Å². The molecule has 0 bridgehead atoms. The number of hydrogen-bond acceptors (Lipinski definition) is 3. The minimum Gasteiger partial charge on any atom is -0.476 e. The summed E-state index contributed by atoms with van der Waals surface area (Å²) in [6, 6.07) is -1.61. The van der Waals surface area contributed by atoms with E-state index < -0.39 is 16.9 Å². The van der Waals surface area contributed by atoms with E-state index in [1.54, 1.807) is 6.08 Å². The Labute approximate surface area is 139 Å². The zero-order valence-corrected chi connectivity index (χ0v) is 14.3. The maximum Gasteiger partial charge on any atom is 0.383 e. The Kier molecular flexibility index (Phi) is 14.2. The molecule has 5 nitrogen and oxygen atoms in total. The molecule has 1 N–H and O–H groups in total. The molecule has 0 fully saturated rings. The summed E-state index contributed by atoms with van der Waals surface area (Å²) >= 11 is 0. The third-order valence-corrected chi connectivity index (χ3v) is 3.68. The van der Waals surface area contributed by atoms with Crippen LogP contribution in [-0.4, -0.2) is 22.0 Å². The number of nitro groups is 1. The van der Waals surface area contributed by atoms with Gasteiger partial charge in [0, 0.05) is 4.92 Å². The second kappa shape index (κ2) is 15.3. The van der Waals surface area contributed by atoms with Gasteiger partial charge in [0.25, 0.3) is 0 Å². The zero-order chi connectivity index (χ0) is 17.3. The topological polar surface area (TPSA) is 80.4 Å². The first-order chi connectivity index (χ1) is 11.1. The van der Waals surface area contributed by atoms with Crippen LogP contribution < -0.4 is 0 Å². The van der Waals surface area contributed by atoms with E-state index in [-0.39, 0.29) is 0 Å². The van der Waals surface area contributed by atoms with Crippen molar-refractivity contribution in [2.24, 2.45) is 0 Å². The van der Waals surface area contributed by atoms with Crippen molar-refractivity contribution in [3.8, 4) is 0 Å². The van der Waals surface area contributed by atoms with Gasteiger partial charge in [-0.2, -0.15) is 0 Å². The maximum atomic E-state index is 10.6. The molecule has 5 heteroatoms. The van der Waals surface area contributed by atoms with Crippen molar-refractivity contribution in [1.82, 2.24) is 0 Å². The van der Waals surface area contributed by atoms with E-state index in [0.29, 0.717) is 6.42 Å². The normalized spacial score (nSPS) is 12.9. The van der Waals surface area contributed by atoms with Crippen molar-refractivity contribution in [2.75, 3.05) is 0 Å². The van der Waals surface area contributed by atoms with Gasteiger partial charge in [0.05, 0.1) is 0 Å². The third kappa shape index (κ3) is 13.7. The number of carboxylic acid groups (broad SMARTS) is 1. The van der Waals surface area contributed by atoms with Gasteiger partial charge in [0.15, 0.2) is 0 Å². The smallest absolute Gasteiger partial charge is 0.383 e. The molecule has 0 aromatic rings. The fourth-order valence-electron chi connectivity index (χ4n) is 2.27. The molecule has 1 unspecified atom stereocenters. The van der Waals surface area contributed by atoms with E-state index in [1.165, 1.54) is 44.6 Å². The predicted molar refractivity (Wildman–Crippen MR) is 93.2 cm³/mol. The van der Waals surface area contributed by atoms with Crippen LogP contribution in [0.3, 0.4) is 0 Å². The Bertz CT molecular complexity index is 363. The Balaban J connectivity index is 3.46. The molecule has 0 aliphatic heterocycles. The van der Waals surface area contributed by atoms with E-state index in [2.05, 4.69) is 19.1 Å². The predicted octanol–water partition coefficient (Wildman–Crippen LogP) is 5.14. The lowest BCUT2D eigenvalue weighted by molar-refractivity contribution is -0.497. The summed E-state index contributed by atoms with van der Waals surface area (Å²) in [5.74, 6) is -1.41. The largest absolute Gasteiger partial charge is 0.476 e. The first-order valence-electron chi connectivity index (χ1n) is 8.77. The van der Waals surface area contributed by atoms with E-state index in [0.717, 1.165) is 25.7 Å². The lowest BCUT2D eigenvalue weighted by Crippen LogP contribution is -2.26. The van der Waals surface area contributed by atoms with Gasteiger partial charge in [-0.25, -0.2) is 4.79 Å². The summed E-state index contributed by atoms with van der Waals surface area (Å²) in [6.07, 6.45) is 19.9. The van der Waals surface area contributed by atoms with E-state index >= 15 is 0 Å². The Hall–Kier alpha value is -1.65. The molecule has 0 amide bonds. The van der Waals surface area contributed by atoms with Crippen molar-refractivity contribution in [3.63, 3.8) is 0 Å². The van der Waals surface area contributed by atoms with Crippen molar-refractivity contribution in [2.45, 2.75) is 83.6 Å². The molecule has 0 rings (SSSR count). The summed E-state index contributed by atoms with van der Waals surface area (Å²) in [5.41, 5.74) is 0. The molecule has 1 atom stereocenters. The first kappa shape index (κ1) is 21.4. The van der Waals surface area contributed by atoms with Crippen LogP contribution in [0, 0.1) is 10.1 Å². The highest BCUT2D eigenvalue weighted by Gasteiger charge is 2.24. The van der Waals surface area contributed by atoms with Crippen molar-refractivity contribution < 1.29 is 14.8 Å². The quantitative estimate of drug-likeness (QED) is 0.196. The standard InChI is InChI=1S/C18H31NO4/c1-2-3-4-5-6-7-8-9-10-11-12-13-14-15-16-17(18(20)21)19(22)23/h6-7,15-17H,2-5,8-14H2,1H3,(H,20,21). The Morgan fingerprint density at radius 1 is 0.957 bits per heavy atom. The van der Waals surface area contributed by atoms with Crippen LogP contribution in [0.1, 0.15) is 77.6 Å². The lowest BCUT2D eigenvalue weighted by atomic mass is 10.1.